The summed E-state index contributed by atoms with van der Waals surface area (Å²) < 4.78 is 10.7. The lowest BCUT2D eigenvalue weighted by atomic mass is 10.1. The third-order valence-electron chi connectivity index (χ3n) is 3.47. The maximum atomic E-state index is 6.21. The number of ether oxygens (including phenoxy) is 2. The standard InChI is InChI=1S/C16H15Cl2NO2/c1-10(12-4-2-3-5-13(12)17)19-8-11-6-14(18)16-15(7-11)20-9-21-16/h2-7,10,19H,8-9H2,1H3. The minimum Gasteiger partial charge on any atom is -0.454 e. The zero-order valence-electron chi connectivity index (χ0n) is 11.5. The molecule has 110 valence electrons. The van der Waals surface area contributed by atoms with Gasteiger partial charge >= 0.3 is 0 Å². The van der Waals surface area contributed by atoms with E-state index in [0.29, 0.717) is 23.1 Å². The SMILES string of the molecule is CC(NCc1cc(Cl)c2c(c1)OCO2)c1ccccc1Cl. The highest BCUT2D eigenvalue weighted by Crippen LogP contribution is 2.39. The van der Waals surface area contributed by atoms with Gasteiger partial charge in [-0.1, -0.05) is 41.4 Å². The monoisotopic (exact) mass is 323 g/mol. The Kier molecular flexibility index (Phi) is 4.24. The molecule has 1 aliphatic rings. The third kappa shape index (κ3) is 3.10. The van der Waals surface area contributed by atoms with Crippen molar-refractivity contribution in [3.63, 3.8) is 0 Å². The highest BCUT2D eigenvalue weighted by Gasteiger charge is 2.18. The van der Waals surface area contributed by atoms with Crippen LogP contribution in [0.25, 0.3) is 0 Å². The fraction of sp³-hybridized carbons (Fsp3) is 0.250. The molecule has 0 saturated heterocycles. The molecule has 0 aromatic heterocycles. The van der Waals surface area contributed by atoms with Crippen molar-refractivity contribution in [1.82, 2.24) is 5.32 Å². The van der Waals surface area contributed by atoms with Gasteiger partial charge in [0, 0.05) is 17.6 Å². The van der Waals surface area contributed by atoms with Gasteiger partial charge in [0.2, 0.25) is 6.79 Å². The van der Waals surface area contributed by atoms with Gasteiger partial charge in [0.25, 0.3) is 0 Å². The maximum Gasteiger partial charge on any atom is 0.231 e. The van der Waals surface area contributed by atoms with E-state index in [-0.39, 0.29) is 12.8 Å². The summed E-state index contributed by atoms with van der Waals surface area (Å²) in [6.45, 7) is 2.97. The summed E-state index contributed by atoms with van der Waals surface area (Å²) >= 11 is 12.4. The predicted molar refractivity (Wildman–Crippen MR) is 84.3 cm³/mol. The van der Waals surface area contributed by atoms with E-state index in [0.717, 1.165) is 16.1 Å². The Morgan fingerprint density at radius 2 is 1.95 bits per heavy atom. The molecule has 0 saturated carbocycles. The van der Waals surface area contributed by atoms with E-state index in [1.54, 1.807) is 0 Å². The summed E-state index contributed by atoms with van der Waals surface area (Å²) in [5.74, 6) is 1.32. The molecule has 1 unspecified atom stereocenters. The molecule has 0 bridgehead atoms. The number of fused-ring (bicyclic) bond motifs is 1. The van der Waals surface area contributed by atoms with Crippen molar-refractivity contribution in [2.75, 3.05) is 6.79 Å². The molecule has 2 aromatic rings. The van der Waals surface area contributed by atoms with E-state index in [2.05, 4.69) is 12.2 Å². The molecule has 0 amide bonds. The van der Waals surface area contributed by atoms with Gasteiger partial charge in [0.1, 0.15) is 0 Å². The Morgan fingerprint density at radius 3 is 2.76 bits per heavy atom. The molecular formula is C16H15Cl2NO2. The van der Waals surface area contributed by atoms with Crippen LogP contribution in [-0.4, -0.2) is 6.79 Å². The van der Waals surface area contributed by atoms with Crippen LogP contribution in [0.1, 0.15) is 24.1 Å². The lowest BCUT2D eigenvalue weighted by molar-refractivity contribution is 0.174. The second kappa shape index (κ2) is 6.14. The first-order chi connectivity index (χ1) is 10.1. The lowest BCUT2D eigenvalue weighted by Gasteiger charge is -2.16. The van der Waals surface area contributed by atoms with Gasteiger partial charge in [-0.05, 0) is 36.2 Å². The van der Waals surface area contributed by atoms with Gasteiger partial charge < -0.3 is 14.8 Å². The Labute approximate surface area is 133 Å². The number of rotatable bonds is 4. The number of hydrogen-bond donors (Lipinski definition) is 1. The van der Waals surface area contributed by atoms with E-state index in [1.165, 1.54) is 0 Å². The average molecular weight is 324 g/mol. The molecule has 1 aliphatic heterocycles. The normalized spacial score (nSPS) is 14.2. The minimum absolute atomic E-state index is 0.142. The molecule has 21 heavy (non-hydrogen) atoms. The second-order valence-corrected chi connectivity index (χ2v) is 5.75. The summed E-state index contributed by atoms with van der Waals surface area (Å²) in [5.41, 5.74) is 2.12. The number of benzene rings is 2. The molecule has 0 fully saturated rings. The van der Waals surface area contributed by atoms with Gasteiger partial charge in [0.05, 0.1) is 5.02 Å². The molecule has 2 aromatic carbocycles. The Morgan fingerprint density at radius 1 is 1.14 bits per heavy atom. The molecule has 0 radical (unpaired) electrons. The zero-order valence-corrected chi connectivity index (χ0v) is 13.0. The van der Waals surface area contributed by atoms with Crippen LogP contribution in [0.15, 0.2) is 36.4 Å². The fourth-order valence-corrected chi connectivity index (χ4v) is 2.92. The smallest absolute Gasteiger partial charge is 0.231 e. The van der Waals surface area contributed by atoms with E-state index in [4.69, 9.17) is 32.7 Å². The molecule has 3 nitrogen and oxygen atoms in total. The van der Waals surface area contributed by atoms with Crippen molar-refractivity contribution in [3.05, 3.63) is 57.6 Å². The van der Waals surface area contributed by atoms with Gasteiger partial charge in [-0.25, -0.2) is 0 Å². The van der Waals surface area contributed by atoms with Crippen LogP contribution in [0, 0.1) is 0 Å². The van der Waals surface area contributed by atoms with Gasteiger partial charge in [0.15, 0.2) is 11.5 Å². The number of nitrogens with one attached hydrogen (secondary N) is 1. The Bertz CT molecular complexity index is 661. The molecule has 5 heteroatoms. The van der Waals surface area contributed by atoms with E-state index in [9.17, 15) is 0 Å². The van der Waals surface area contributed by atoms with Crippen molar-refractivity contribution in [2.24, 2.45) is 0 Å². The van der Waals surface area contributed by atoms with E-state index >= 15 is 0 Å². The third-order valence-corrected chi connectivity index (χ3v) is 4.10. The van der Waals surface area contributed by atoms with Crippen LogP contribution >= 0.6 is 23.2 Å². The van der Waals surface area contributed by atoms with E-state index < -0.39 is 0 Å². The Balaban J connectivity index is 1.71. The number of halogens is 2. The summed E-state index contributed by atoms with van der Waals surface area (Å²) in [4.78, 5) is 0. The average Bonchev–Trinajstić information content (AvgIpc) is 2.94. The second-order valence-electron chi connectivity index (χ2n) is 4.94. The van der Waals surface area contributed by atoms with Crippen LogP contribution in [0.4, 0.5) is 0 Å². The molecule has 3 rings (SSSR count). The fourth-order valence-electron chi connectivity index (χ4n) is 2.33. The van der Waals surface area contributed by atoms with E-state index in [1.807, 2.05) is 36.4 Å². The van der Waals surface area contributed by atoms with Crippen LogP contribution in [0.5, 0.6) is 11.5 Å². The van der Waals surface area contributed by atoms with Crippen molar-refractivity contribution in [3.8, 4) is 11.5 Å². The van der Waals surface area contributed by atoms with Crippen LogP contribution in [0.2, 0.25) is 10.0 Å². The predicted octanol–water partition coefficient (Wildman–Crippen LogP) is 4.57. The van der Waals surface area contributed by atoms with Crippen LogP contribution < -0.4 is 14.8 Å². The van der Waals surface area contributed by atoms with Gasteiger partial charge in [-0.15, -0.1) is 0 Å². The highest BCUT2D eigenvalue weighted by molar-refractivity contribution is 6.32. The first kappa shape index (κ1) is 14.5. The minimum atomic E-state index is 0.142. The first-order valence-corrected chi connectivity index (χ1v) is 7.46. The summed E-state index contributed by atoms with van der Waals surface area (Å²) in [7, 11) is 0. The molecule has 1 heterocycles. The molecule has 1 atom stereocenters. The van der Waals surface area contributed by atoms with Crippen molar-refractivity contribution >= 4 is 23.2 Å². The number of hydrogen-bond acceptors (Lipinski definition) is 3. The van der Waals surface area contributed by atoms with Crippen molar-refractivity contribution < 1.29 is 9.47 Å². The quantitative estimate of drug-likeness (QED) is 0.893. The van der Waals surface area contributed by atoms with Crippen LogP contribution in [-0.2, 0) is 6.54 Å². The molecular weight excluding hydrogens is 309 g/mol. The molecule has 0 spiro atoms. The highest BCUT2D eigenvalue weighted by atomic mass is 35.5. The summed E-state index contributed by atoms with van der Waals surface area (Å²) in [5, 5.41) is 4.78. The molecule has 1 N–H and O–H groups in total. The lowest BCUT2D eigenvalue weighted by Crippen LogP contribution is -2.18. The molecule has 0 aliphatic carbocycles. The zero-order chi connectivity index (χ0) is 14.8. The van der Waals surface area contributed by atoms with Crippen molar-refractivity contribution in [2.45, 2.75) is 19.5 Å². The van der Waals surface area contributed by atoms with Crippen LogP contribution in [0.3, 0.4) is 0 Å². The maximum absolute atomic E-state index is 6.21. The largest absolute Gasteiger partial charge is 0.454 e. The summed E-state index contributed by atoms with van der Waals surface area (Å²) in [6.07, 6.45) is 0. The first-order valence-electron chi connectivity index (χ1n) is 6.71. The summed E-state index contributed by atoms with van der Waals surface area (Å²) in [6, 6.07) is 11.8. The van der Waals surface area contributed by atoms with Gasteiger partial charge in [-0.2, -0.15) is 0 Å². The van der Waals surface area contributed by atoms with Crippen molar-refractivity contribution in [1.29, 1.82) is 0 Å². The topological polar surface area (TPSA) is 30.5 Å². The Hall–Kier alpha value is -1.42. The van der Waals surface area contributed by atoms with Gasteiger partial charge in [-0.3, -0.25) is 0 Å².